The summed E-state index contributed by atoms with van der Waals surface area (Å²) in [7, 11) is 1.53. The Bertz CT molecular complexity index is 1070. The molecule has 3 aromatic rings. The van der Waals surface area contributed by atoms with Gasteiger partial charge in [0.15, 0.2) is 5.75 Å². The van der Waals surface area contributed by atoms with Gasteiger partial charge < -0.3 is 19.5 Å². The highest BCUT2D eigenvalue weighted by atomic mass is 35.5. The zero-order chi connectivity index (χ0) is 20.4. The van der Waals surface area contributed by atoms with E-state index in [0.29, 0.717) is 52.8 Å². The van der Waals surface area contributed by atoms with Crippen molar-refractivity contribution in [2.45, 2.75) is 12.5 Å². The van der Waals surface area contributed by atoms with E-state index in [1.54, 1.807) is 24.3 Å². The average molecular weight is 417 g/mol. The van der Waals surface area contributed by atoms with Crippen LogP contribution in [0, 0.1) is 10.1 Å². The highest BCUT2D eigenvalue weighted by molar-refractivity contribution is 6.32. The van der Waals surface area contributed by atoms with Crippen LogP contribution in [0.1, 0.15) is 6.42 Å². The summed E-state index contributed by atoms with van der Waals surface area (Å²) in [5.41, 5.74) is 1.01. The fraction of sp³-hybridized carbons (Fsp3) is 0.263. The number of nitro benzene ring substituents is 1. The van der Waals surface area contributed by atoms with Gasteiger partial charge in [0, 0.05) is 24.2 Å². The molecule has 10 heteroatoms. The van der Waals surface area contributed by atoms with Crippen LogP contribution in [-0.2, 0) is 4.74 Å². The van der Waals surface area contributed by atoms with Gasteiger partial charge >= 0.3 is 5.69 Å². The summed E-state index contributed by atoms with van der Waals surface area (Å²) < 4.78 is 16.2. The first-order valence-corrected chi connectivity index (χ1v) is 9.21. The Morgan fingerprint density at radius 1 is 1.28 bits per heavy atom. The molecule has 0 radical (unpaired) electrons. The number of hydrogen-bond donors (Lipinski definition) is 1. The van der Waals surface area contributed by atoms with E-state index in [2.05, 4.69) is 15.3 Å². The van der Waals surface area contributed by atoms with E-state index in [0.717, 1.165) is 0 Å². The van der Waals surface area contributed by atoms with Crippen LogP contribution in [-0.4, -0.2) is 41.3 Å². The minimum Gasteiger partial charge on any atom is -0.495 e. The summed E-state index contributed by atoms with van der Waals surface area (Å²) >= 11 is 6.17. The van der Waals surface area contributed by atoms with E-state index < -0.39 is 4.92 Å². The fourth-order valence-corrected chi connectivity index (χ4v) is 3.33. The molecule has 1 N–H and O–H groups in total. The monoisotopic (exact) mass is 416 g/mol. The number of anilines is 2. The van der Waals surface area contributed by atoms with Crippen molar-refractivity contribution in [3.05, 3.63) is 51.8 Å². The van der Waals surface area contributed by atoms with Gasteiger partial charge in [-0.1, -0.05) is 11.6 Å². The second kappa shape index (κ2) is 8.06. The van der Waals surface area contributed by atoms with Crippen LogP contribution in [0.25, 0.3) is 10.9 Å². The first-order valence-electron chi connectivity index (χ1n) is 8.83. The van der Waals surface area contributed by atoms with Crippen molar-refractivity contribution >= 4 is 39.7 Å². The highest BCUT2D eigenvalue weighted by Gasteiger charge is 2.24. The Labute approximate surface area is 170 Å². The summed E-state index contributed by atoms with van der Waals surface area (Å²) in [5, 5.41) is 15.7. The molecule has 1 aliphatic rings. The molecule has 29 heavy (non-hydrogen) atoms. The first-order chi connectivity index (χ1) is 14.0. The van der Waals surface area contributed by atoms with Crippen LogP contribution >= 0.6 is 11.6 Å². The van der Waals surface area contributed by atoms with E-state index in [4.69, 9.17) is 25.8 Å². The molecule has 1 fully saturated rings. The zero-order valence-electron chi connectivity index (χ0n) is 15.4. The number of methoxy groups -OCH3 is 1. The van der Waals surface area contributed by atoms with Crippen LogP contribution < -0.4 is 14.8 Å². The second-order valence-corrected chi connectivity index (χ2v) is 6.80. The number of aromatic nitrogens is 2. The number of hydrogen-bond acceptors (Lipinski definition) is 8. The number of nitro groups is 1. The van der Waals surface area contributed by atoms with Crippen molar-refractivity contribution in [3.63, 3.8) is 0 Å². The van der Waals surface area contributed by atoms with Gasteiger partial charge in [0.25, 0.3) is 0 Å². The molecule has 150 valence electrons. The molecule has 1 saturated heterocycles. The molecule has 0 unspecified atom stereocenters. The number of fused-ring (bicyclic) bond motifs is 1. The molecule has 1 aromatic heterocycles. The normalized spacial score (nSPS) is 16.0. The Morgan fingerprint density at radius 2 is 2.14 bits per heavy atom. The molecule has 0 amide bonds. The third kappa shape index (κ3) is 4.01. The molecule has 2 aromatic carbocycles. The van der Waals surface area contributed by atoms with Gasteiger partial charge in [-0.3, -0.25) is 10.1 Å². The number of halogens is 1. The lowest BCUT2D eigenvalue weighted by Gasteiger charge is -2.14. The first kappa shape index (κ1) is 19.2. The summed E-state index contributed by atoms with van der Waals surface area (Å²) in [6, 6.07) is 8.13. The van der Waals surface area contributed by atoms with Gasteiger partial charge in [0.2, 0.25) is 0 Å². The van der Waals surface area contributed by atoms with E-state index >= 15 is 0 Å². The molecule has 4 rings (SSSR count). The Morgan fingerprint density at radius 3 is 2.83 bits per heavy atom. The summed E-state index contributed by atoms with van der Waals surface area (Å²) in [5.74, 6) is 1.11. The van der Waals surface area contributed by atoms with Gasteiger partial charge in [-0.15, -0.1) is 0 Å². The summed E-state index contributed by atoms with van der Waals surface area (Å²) in [4.78, 5) is 19.6. The lowest BCUT2D eigenvalue weighted by atomic mass is 10.2. The molecule has 9 nitrogen and oxygen atoms in total. The predicted molar refractivity (Wildman–Crippen MR) is 107 cm³/mol. The smallest absolute Gasteiger partial charge is 0.311 e. The van der Waals surface area contributed by atoms with Crippen LogP contribution in [0.2, 0.25) is 5.02 Å². The van der Waals surface area contributed by atoms with E-state index in [-0.39, 0.29) is 17.5 Å². The number of ether oxygens (including phenoxy) is 3. The van der Waals surface area contributed by atoms with Crippen molar-refractivity contribution in [3.8, 4) is 11.5 Å². The SMILES string of the molecule is COc1ccc(Nc2ncnc3cc(O[C@H]4CCOC4)c([N+](=O)[O-])cc23)cc1Cl. The minimum absolute atomic E-state index is 0.157. The van der Waals surface area contributed by atoms with Crippen LogP contribution in [0.15, 0.2) is 36.7 Å². The summed E-state index contributed by atoms with van der Waals surface area (Å²) in [6.07, 6.45) is 1.85. The maximum absolute atomic E-state index is 11.6. The van der Waals surface area contributed by atoms with Crippen LogP contribution in [0.3, 0.4) is 0 Å². The minimum atomic E-state index is -0.481. The number of benzene rings is 2. The standard InChI is InChI=1S/C19H17ClN4O5/c1-27-17-3-2-11(6-14(17)20)23-19-13-7-16(24(25)26)18(8-15(13)21-10-22-19)29-12-4-5-28-9-12/h2-3,6-8,10,12H,4-5,9H2,1H3,(H,21,22,23)/t12-/m0/s1. The number of nitrogens with one attached hydrogen (secondary N) is 1. The molecule has 2 heterocycles. The molecule has 1 atom stereocenters. The third-order valence-electron chi connectivity index (χ3n) is 4.51. The third-order valence-corrected chi connectivity index (χ3v) is 4.80. The number of rotatable bonds is 6. The second-order valence-electron chi connectivity index (χ2n) is 6.39. The fourth-order valence-electron chi connectivity index (χ4n) is 3.08. The van der Waals surface area contributed by atoms with E-state index in [1.807, 2.05) is 0 Å². The van der Waals surface area contributed by atoms with Gasteiger partial charge in [0.1, 0.15) is 24.0 Å². The molecule has 0 bridgehead atoms. The van der Waals surface area contributed by atoms with E-state index in [1.165, 1.54) is 19.5 Å². The van der Waals surface area contributed by atoms with Crippen molar-refractivity contribution in [2.24, 2.45) is 0 Å². The van der Waals surface area contributed by atoms with E-state index in [9.17, 15) is 10.1 Å². The molecule has 0 saturated carbocycles. The maximum Gasteiger partial charge on any atom is 0.311 e. The number of nitrogens with zero attached hydrogens (tertiary/aromatic N) is 3. The molecular weight excluding hydrogens is 400 g/mol. The predicted octanol–water partition coefficient (Wildman–Crippen LogP) is 4.11. The van der Waals surface area contributed by atoms with Crippen molar-refractivity contribution in [1.29, 1.82) is 0 Å². The molecule has 0 spiro atoms. The molecule has 0 aliphatic carbocycles. The lowest BCUT2D eigenvalue weighted by molar-refractivity contribution is -0.385. The van der Waals surface area contributed by atoms with Gasteiger partial charge in [-0.25, -0.2) is 9.97 Å². The largest absolute Gasteiger partial charge is 0.495 e. The lowest BCUT2D eigenvalue weighted by Crippen LogP contribution is -2.16. The van der Waals surface area contributed by atoms with Crippen molar-refractivity contribution < 1.29 is 19.1 Å². The highest BCUT2D eigenvalue weighted by Crippen LogP contribution is 2.36. The molecule has 1 aliphatic heterocycles. The quantitative estimate of drug-likeness (QED) is 0.472. The van der Waals surface area contributed by atoms with Gasteiger partial charge in [-0.2, -0.15) is 0 Å². The van der Waals surface area contributed by atoms with Crippen LogP contribution in [0.4, 0.5) is 17.2 Å². The van der Waals surface area contributed by atoms with Gasteiger partial charge in [0.05, 0.1) is 41.2 Å². The Kier molecular flexibility index (Phi) is 5.32. The Balaban J connectivity index is 1.72. The van der Waals surface area contributed by atoms with Crippen molar-refractivity contribution in [1.82, 2.24) is 9.97 Å². The zero-order valence-corrected chi connectivity index (χ0v) is 16.2. The summed E-state index contributed by atoms with van der Waals surface area (Å²) in [6.45, 7) is 0.983. The maximum atomic E-state index is 11.6. The topological polar surface area (TPSA) is 109 Å². The Hall–Kier alpha value is -3.17. The van der Waals surface area contributed by atoms with Crippen molar-refractivity contribution in [2.75, 3.05) is 25.6 Å². The average Bonchev–Trinajstić information content (AvgIpc) is 3.21. The van der Waals surface area contributed by atoms with Crippen LogP contribution in [0.5, 0.6) is 11.5 Å². The van der Waals surface area contributed by atoms with Gasteiger partial charge in [-0.05, 0) is 18.2 Å². The molecular formula is C19H17ClN4O5.